The minimum atomic E-state index is -0.295. The standard InChI is InChI=1S/C21H16BrClN4O/c22-13-10-8-12(9-11-13)19-18-16(6-3-7-17(18)28)24-21-25-20(26-27(19)21)14-4-1-2-5-15(14)23/h1-2,4-5,8-11,19H,3,6-7H2,(H,24,25,26)/t19-/m0/s1. The van der Waals surface area contributed by atoms with Crippen LogP contribution in [-0.4, -0.2) is 20.5 Å². The summed E-state index contributed by atoms with van der Waals surface area (Å²) in [5.74, 6) is 1.35. The van der Waals surface area contributed by atoms with Crippen molar-refractivity contribution in [1.29, 1.82) is 0 Å². The van der Waals surface area contributed by atoms with E-state index in [1.165, 1.54) is 0 Å². The Labute approximate surface area is 175 Å². The number of rotatable bonds is 2. The van der Waals surface area contributed by atoms with Gasteiger partial charge in [-0.2, -0.15) is 4.98 Å². The van der Waals surface area contributed by atoms with E-state index in [1.54, 1.807) is 0 Å². The summed E-state index contributed by atoms with van der Waals surface area (Å²) >= 11 is 9.84. The molecular weight excluding hydrogens is 440 g/mol. The second-order valence-corrected chi connectivity index (χ2v) is 8.25. The Morgan fingerprint density at radius 1 is 1.11 bits per heavy atom. The summed E-state index contributed by atoms with van der Waals surface area (Å²) in [5.41, 5.74) is 3.52. The van der Waals surface area contributed by atoms with Crippen LogP contribution in [0, 0.1) is 0 Å². The first-order valence-electron chi connectivity index (χ1n) is 9.12. The van der Waals surface area contributed by atoms with Crippen LogP contribution in [0.15, 0.2) is 64.3 Å². The minimum absolute atomic E-state index is 0.169. The molecule has 0 fully saturated rings. The smallest absolute Gasteiger partial charge is 0.226 e. The van der Waals surface area contributed by atoms with Crippen molar-refractivity contribution in [3.8, 4) is 11.4 Å². The fraction of sp³-hybridized carbons (Fsp3) is 0.190. The molecule has 2 aromatic carbocycles. The molecule has 1 N–H and O–H groups in total. The first kappa shape index (κ1) is 17.6. The number of Topliss-reactive ketones (excluding diaryl/α,β-unsaturated/α-hetero) is 1. The monoisotopic (exact) mass is 454 g/mol. The molecule has 140 valence electrons. The van der Waals surface area contributed by atoms with Crippen LogP contribution in [0.2, 0.25) is 5.02 Å². The van der Waals surface area contributed by atoms with Gasteiger partial charge in [0, 0.05) is 27.7 Å². The number of halogens is 2. The summed E-state index contributed by atoms with van der Waals surface area (Å²) in [5, 5.41) is 8.69. The average molecular weight is 456 g/mol. The maximum absolute atomic E-state index is 12.8. The van der Waals surface area contributed by atoms with Crippen LogP contribution >= 0.6 is 27.5 Å². The van der Waals surface area contributed by atoms with Crippen molar-refractivity contribution in [2.75, 3.05) is 5.32 Å². The van der Waals surface area contributed by atoms with Gasteiger partial charge >= 0.3 is 0 Å². The molecule has 5 nitrogen and oxygen atoms in total. The molecule has 0 unspecified atom stereocenters. The van der Waals surface area contributed by atoms with Crippen molar-refractivity contribution in [3.05, 3.63) is 74.9 Å². The average Bonchev–Trinajstić information content (AvgIpc) is 3.11. The Kier molecular flexibility index (Phi) is 4.33. The number of carbonyl (C=O) groups is 1. The Morgan fingerprint density at radius 2 is 1.89 bits per heavy atom. The van der Waals surface area contributed by atoms with Crippen molar-refractivity contribution in [3.63, 3.8) is 0 Å². The lowest BCUT2D eigenvalue weighted by molar-refractivity contribution is -0.116. The molecule has 0 spiro atoms. The van der Waals surface area contributed by atoms with Crippen LogP contribution < -0.4 is 5.32 Å². The molecule has 1 aliphatic heterocycles. The number of aromatic nitrogens is 3. The molecule has 5 rings (SSSR count). The van der Waals surface area contributed by atoms with E-state index in [0.717, 1.165) is 39.7 Å². The highest BCUT2D eigenvalue weighted by Crippen LogP contribution is 2.41. The zero-order valence-electron chi connectivity index (χ0n) is 14.8. The van der Waals surface area contributed by atoms with Crippen LogP contribution in [0.5, 0.6) is 0 Å². The zero-order chi connectivity index (χ0) is 19.3. The van der Waals surface area contributed by atoms with E-state index < -0.39 is 0 Å². The number of anilines is 1. The van der Waals surface area contributed by atoms with Gasteiger partial charge in [0.1, 0.15) is 6.04 Å². The molecule has 0 amide bonds. The molecule has 3 aromatic rings. The van der Waals surface area contributed by atoms with Crippen LogP contribution in [0.25, 0.3) is 11.4 Å². The van der Waals surface area contributed by atoms with Gasteiger partial charge in [0.25, 0.3) is 0 Å². The summed E-state index contributed by atoms with van der Waals surface area (Å²) in [6.45, 7) is 0. The van der Waals surface area contributed by atoms with E-state index in [4.69, 9.17) is 21.7 Å². The lowest BCUT2D eigenvalue weighted by atomic mass is 9.85. The zero-order valence-corrected chi connectivity index (χ0v) is 17.2. The highest BCUT2D eigenvalue weighted by molar-refractivity contribution is 9.10. The summed E-state index contributed by atoms with van der Waals surface area (Å²) in [6.07, 6.45) is 2.25. The van der Waals surface area contributed by atoms with E-state index in [0.29, 0.717) is 23.2 Å². The van der Waals surface area contributed by atoms with Crippen molar-refractivity contribution >= 4 is 39.3 Å². The number of ketones is 1. The number of benzene rings is 2. The van der Waals surface area contributed by atoms with Crippen LogP contribution in [0.1, 0.15) is 30.9 Å². The van der Waals surface area contributed by atoms with Gasteiger partial charge in [-0.25, -0.2) is 4.68 Å². The van der Waals surface area contributed by atoms with E-state index >= 15 is 0 Å². The largest absolute Gasteiger partial charge is 0.328 e. The van der Waals surface area contributed by atoms with Gasteiger partial charge in [-0.15, -0.1) is 5.10 Å². The van der Waals surface area contributed by atoms with Crippen molar-refractivity contribution in [1.82, 2.24) is 14.8 Å². The first-order valence-corrected chi connectivity index (χ1v) is 10.3. The van der Waals surface area contributed by atoms with Crippen molar-refractivity contribution < 1.29 is 4.79 Å². The number of carbonyl (C=O) groups excluding carboxylic acids is 1. The number of hydrogen-bond acceptors (Lipinski definition) is 4. The van der Waals surface area contributed by atoms with Gasteiger partial charge in [-0.1, -0.05) is 51.8 Å². The van der Waals surface area contributed by atoms with E-state index in [1.807, 2.05) is 53.2 Å². The van der Waals surface area contributed by atoms with Gasteiger partial charge in [0.05, 0.1) is 5.02 Å². The third kappa shape index (κ3) is 2.88. The summed E-state index contributed by atoms with van der Waals surface area (Å²) in [4.78, 5) is 17.5. The predicted octanol–water partition coefficient (Wildman–Crippen LogP) is 5.38. The Balaban J connectivity index is 1.69. The minimum Gasteiger partial charge on any atom is -0.328 e. The molecule has 1 atom stereocenters. The highest BCUT2D eigenvalue weighted by atomic mass is 79.9. The number of fused-ring (bicyclic) bond motifs is 1. The van der Waals surface area contributed by atoms with Gasteiger partial charge in [-0.05, 0) is 42.7 Å². The Hall–Kier alpha value is -2.44. The lowest BCUT2D eigenvalue weighted by Crippen LogP contribution is -2.31. The lowest BCUT2D eigenvalue weighted by Gasteiger charge is -2.32. The first-order chi connectivity index (χ1) is 13.6. The van der Waals surface area contributed by atoms with E-state index in [9.17, 15) is 4.79 Å². The van der Waals surface area contributed by atoms with Crippen LogP contribution in [0.3, 0.4) is 0 Å². The molecule has 0 saturated carbocycles. The third-order valence-corrected chi connectivity index (χ3v) is 6.03. The number of nitrogens with one attached hydrogen (secondary N) is 1. The van der Waals surface area contributed by atoms with Crippen LogP contribution in [-0.2, 0) is 4.79 Å². The molecule has 2 heterocycles. The quantitative estimate of drug-likeness (QED) is 0.563. The Morgan fingerprint density at radius 3 is 2.68 bits per heavy atom. The van der Waals surface area contributed by atoms with Crippen LogP contribution in [0.4, 0.5) is 5.95 Å². The van der Waals surface area contributed by atoms with Crippen molar-refractivity contribution in [2.45, 2.75) is 25.3 Å². The van der Waals surface area contributed by atoms with Gasteiger partial charge in [0.2, 0.25) is 5.95 Å². The molecule has 1 aliphatic carbocycles. The summed E-state index contributed by atoms with van der Waals surface area (Å²) < 4.78 is 2.80. The molecule has 7 heteroatoms. The summed E-state index contributed by atoms with van der Waals surface area (Å²) in [7, 11) is 0. The number of allylic oxidation sites excluding steroid dienone is 2. The highest BCUT2D eigenvalue weighted by Gasteiger charge is 2.36. The topological polar surface area (TPSA) is 59.8 Å². The van der Waals surface area contributed by atoms with Gasteiger partial charge < -0.3 is 5.32 Å². The fourth-order valence-electron chi connectivity index (χ4n) is 3.87. The molecular formula is C21H16BrClN4O. The van der Waals surface area contributed by atoms with Gasteiger partial charge in [0.15, 0.2) is 11.6 Å². The number of nitrogens with zero attached hydrogens (tertiary/aromatic N) is 3. The molecule has 28 heavy (non-hydrogen) atoms. The fourth-order valence-corrected chi connectivity index (χ4v) is 4.35. The van der Waals surface area contributed by atoms with E-state index in [2.05, 4.69) is 21.2 Å². The molecule has 1 aromatic heterocycles. The maximum Gasteiger partial charge on any atom is 0.226 e. The molecule has 0 bridgehead atoms. The third-order valence-electron chi connectivity index (χ3n) is 5.17. The Bertz CT molecular complexity index is 1120. The predicted molar refractivity (Wildman–Crippen MR) is 112 cm³/mol. The number of hydrogen-bond donors (Lipinski definition) is 1. The van der Waals surface area contributed by atoms with E-state index in [-0.39, 0.29) is 11.8 Å². The normalized spacial score (nSPS) is 18.5. The molecule has 0 radical (unpaired) electrons. The second kappa shape index (κ2) is 6.87. The summed E-state index contributed by atoms with van der Waals surface area (Å²) in [6, 6.07) is 15.2. The van der Waals surface area contributed by atoms with Gasteiger partial charge in [-0.3, -0.25) is 4.79 Å². The maximum atomic E-state index is 12.8. The molecule has 0 saturated heterocycles. The second-order valence-electron chi connectivity index (χ2n) is 6.93. The SMILES string of the molecule is O=C1CCCC2=C1[C@H](c1ccc(Br)cc1)n1nc(-c3ccccc3Cl)nc1N2. The van der Waals surface area contributed by atoms with Crippen molar-refractivity contribution in [2.24, 2.45) is 0 Å². The molecule has 2 aliphatic rings.